The Morgan fingerprint density at radius 1 is 1.38 bits per heavy atom. The zero-order valence-electron chi connectivity index (χ0n) is 6.38. The van der Waals surface area contributed by atoms with E-state index >= 15 is 0 Å². The van der Waals surface area contributed by atoms with Gasteiger partial charge in [0.2, 0.25) is 0 Å². The third-order valence-corrected chi connectivity index (χ3v) is 2.12. The molecule has 0 saturated carbocycles. The van der Waals surface area contributed by atoms with E-state index in [1.807, 2.05) is 0 Å². The fourth-order valence-electron chi connectivity index (χ4n) is 0.967. The second-order valence-electron chi connectivity index (χ2n) is 2.35. The van der Waals surface area contributed by atoms with Crippen molar-refractivity contribution < 1.29 is 0 Å². The van der Waals surface area contributed by atoms with Crippen molar-refractivity contribution in [2.45, 2.75) is 0 Å². The molecule has 0 bridgehead atoms. The quantitative estimate of drug-likeness (QED) is 0.790. The summed E-state index contributed by atoms with van der Waals surface area (Å²) in [6.07, 6.45) is 4.38. The van der Waals surface area contributed by atoms with Gasteiger partial charge >= 0.3 is 0 Å². The molecule has 0 amide bonds. The van der Waals surface area contributed by atoms with Crippen molar-refractivity contribution in [1.82, 2.24) is 15.2 Å². The second-order valence-corrected chi connectivity index (χ2v) is 3.11. The Bertz CT molecular complexity index is 425. The van der Waals surface area contributed by atoms with Crippen LogP contribution in [0.1, 0.15) is 0 Å². The van der Waals surface area contributed by atoms with E-state index < -0.39 is 0 Å². The molecule has 2 aromatic rings. The maximum Gasteiger partial charge on any atom is 0.160 e. The molecule has 1 N–H and O–H groups in total. The van der Waals surface area contributed by atoms with Gasteiger partial charge in [-0.15, -0.1) is 0 Å². The van der Waals surface area contributed by atoms with Crippen LogP contribution in [0.3, 0.4) is 0 Å². The van der Waals surface area contributed by atoms with E-state index in [9.17, 15) is 0 Å². The molecule has 0 unspecified atom stereocenters. The van der Waals surface area contributed by atoms with Gasteiger partial charge in [-0.3, -0.25) is 10.1 Å². The number of hydrogen-bond donors (Lipinski definition) is 1. The highest BCUT2D eigenvalue weighted by atomic mass is 35.5. The molecule has 5 heteroatoms. The summed E-state index contributed by atoms with van der Waals surface area (Å²) in [5.74, 6) is 0. The summed E-state index contributed by atoms with van der Waals surface area (Å²) in [6.45, 7) is 0. The van der Waals surface area contributed by atoms with Gasteiger partial charge in [0.05, 0.1) is 22.5 Å². The number of nitrogens with one attached hydrogen (secondary N) is 1. The Labute approximate surface area is 84.7 Å². The third kappa shape index (κ3) is 1.53. The number of pyridine rings is 1. The molecule has 65 valence electrons. The van der Waals surface area contributed by atoms with Crippen LogP contribution in [0.4, 0.5) is 0 Å². The van der Waals surface area contributed by atoms with E-state index in [0.717, 1.165) is 0 Å². The topological polar surface area (TPSA) is 41.6 Å². The van der Waals surface area contributed by atoms with Crippen molar-refractivity contribution in [3.63, 3.8) is 0 Å². The SMILES string of the molecule is Clc1cccnc1-c1[c][nH]nc1Cl. The first-order valence-corrected chi connectivity index (χ1v) is 4.27. The predicted molar refractivity (Wildman–Crippen MR) is 50.7 cm³/mol. The number of rotatable bonds is 1. The molecule has 0 aliphatic carbocycles. The van der Waals surface area contributed by atoms with E-state index in [2.05, 4.69) is 21.4 Å². The van der Waals surface area contributed by atoms with Crippen LogP contribution >= 0.6 is 23.2 Å². The van der Waals surface area contributed by atoms with Crippen molar-refractivity contribution in [3.8, 4) is 11.3 Å². The summed E-state index contributed by atoms with van der Waals surface area (Å²) in [4.78, 5) is 4.07. The third-order valence-electron chi connectivity index (χ3n) is 1.54. The Kier molecular flexibility index (Phi) is 2.20. The van der Waals surface area contributed by atoms with Gasteiger partial charge < -0.3 is 0 Å². The molecule has 0 saturated heterocycles. The second kappa shape index (κ2) is 3.36. The van der Waals surface area contributed by atoms with Gasteiger partial charge in [-0.1, -0.05) is 23.2 Å². The molecule has 0 aromatic carbocycles. The van der Waals surface area contributed by atoms with Crippen LogP contribution < -0.4 is 0 Å². The van der Waals surface area contributed by atoms with Gasteiger partial charge in [0.25, 0.3) is 0 Å². The predicted octanol–water partition coefficient (Wildman–Crippen LogP) is 2.58. The molecule has 0 fully saturated rings. The zero-order chi connectivity index (χ0) is 9.26. The van der Waals surface area contributed by atoms with Crippen LogP contribution in [0.15, 0.2) is 18.3 Å². The first kappa shape index (κ1) is 8.53. The van der Waals surface area contributed by atoms with Crippen LogP contribution in [0.5, 0.6) is 0 Å². The summed E-state index contributed by atoms with van der Waals surface area (Å²) < 4.78 is 0. The smallest absolute Gasteiger partial charge is 0.160 e. The van der Waals surface area contributed by atoms with Gasteiger partial charge in [-0.25, -0.2) is 0 Å². The molecule has 0 aliphatic heterocycles. The van der Waals surface area contributed by atoms with E-state index in [1.165, 1.54) is 0 Å². The minimum absolute atomic E-state index is 0.320. The molecule has 0 spiro atoms. The fourth-order valence-corrected chi connectivity index (χ4v) is 1.36. The molecule has 2 heterocycles. The highest BCUT2D eigenvalue weighted by Gasteiger charge is 2.10. The molecule has 1 radical (unpaired) electrons. The molecule has 3 nitrogen and oxygen atoms in total. The summed E-state index contributed by atoms with van der Waals surface area (Å²) in [7, 11) is 0. The van der Waals surface area contributed by atoms with Crippen molar-refractivity contribution in [1.29, 1.82) is 0 Å². The van der Waals surface area contributed by atoms with E-state index in [-0.39, 0.29) is 0 Å². The van der Waals surface area contributed by atoms with E-state index in [1.54, 1.807) is 18.3 Å². The van der Waals surface area contributed by atoms with Crippen LogP contribution in [-0.2, 0) is 0 Å². The highest BCUT2D eigenvalue weighted by Crippen LogP contribution is 2.28. The molecule has 2 rings (SSSR count). The molecule has 0 aliphatic rings. The van der Waals surface area contributed by atoms with Gasteiger partial charge in [-0.2, -0.15) is 5.10 Å². The summed E-state index contributed by atoms with van der Waals surface area (Å²) in [5, 5.41) is 7.09. The van der Waals surface area contributed by atoms with Gasteiger partial charge in [-0.05, 0) is 12.1 Å². The number of halogens is 2. The van der Waals surface area contributed by atoms with Gasteiger partial charge in [0, 0.05) is 6.20 Å². The summed E-state index contributed by atoms with van der Waals surface area (Å²) in [6, 6.07) is 3.49. The summed E-state index contributed by atoms with van der Waals surface area (Å²) in [5.41, 5.74) is 1.18. The normalized spacial score (nSPS) is 10.3. The van der Waals surface area contributed by atoms with Crippen LogP contribution in [0, 0.1) is 6.20 Å². The first-order chi connectivity index (χ1) is 6.29. The molecule has 0 atom stereocenters. The average molecular weight is 213 g/mol. The Hall–Kier alpha value is -1.06. The maximum absolute atomic E-state index is 5.90. The minimum Gasteiger partial charge on any atom is -0.274 e. The van der Waals surface area contributed by atoms with Gasteiger partial charge in [0.1, 0.15) is 0 Å². The Morgan fingerprint density at radius 2 is 2.23 bits per heavy atom. The van der Waals surface area contributed by atoms with Crippen molar-refractivity contribution in [2.24, 2.45) is 0 Å². The molecular formula is C8H4Cl2N3. The number of nitrogens with zero attached hydrogens (tertiary/aromatic N) is 2. The number of aromatic nitrogens is 3. The highest BCUT2D eigenvalue weighted by molar-refractivity contribution is 6.35. The molecular weight excluding hydrogens is 209 g/mol. The van der Waals surface area contributed by atoms with E-state index in [0.29, 0.717) is 21.4 Å². The Morgan fingerprint density at radius 3 is 2.85 bits per heavy atom. The zero-order valence-corrected chi connectivity index (χ0v) is 7.89. The summed E-state index contributed by atoms with van der Waals surface area (Å²) >= 11 is 11.7. The van der Waals surface area contributed by atoms with E-state index in [4.69, 9.17) is 23.2 Å². The number of H-pyrrole nitrogens is 1. The molecule has 2 aromatic heterocycles. The fraction of sp³-hybridized carbons (Fsp3) is 0. The molecule has 13 heavy (non-hydrogen) atoms. The lowest BCUT2D eigenvalue weighted by molar-refractivity contribution is 1.08. The Balaban J connectivity index is 2.59. The number of hydrogen-bond acceptors (Lipinski definition) is 2. The van der Waals surface area contributed by atoms with Gasteiger partial charge in [0.15, 0.2) is 5.15 Å². The van der Waals surface area contributed by atoms with Crippen molar-refractivity contribution >= 4 is 23.2 Å². The lowest BCUT2D eigenvalue weighted by Gasteiger charge is -1.98. The lowest BCUT2D eigenvalue weighted by Crippen LogP contribution is -1.82. The maximum atomic E-state index is 5.90. The standard InChI is InChI=1S/C8H4Cl2N3/c9-6-2-1-3-11-7(6)5-4-12-13-8(5)10/h1-3H,(H,12,13). The number of aromatic amines is 1. The average Bonchev–Trinajstić information content (AvgIpc) is 2.52. The van der Waals surface area contributed by atoms with Crippen LogP contribution in [-0.4, -0.2) is 15.2 Å². The first-order valence-electron chi connectivity index (χ1n) is 3.51. The van der Waals surface area contributed by atoms with Crippen LogP contribution in [0.2, 0.25) is 10.2 Å². The minimum atomic E-state index is 0.320. The largest absolute Gasteiger partial charge is 0.274 e. The monoisotopic (exact) mass is 212 g/mol. The lowest BCUT2D eigenvalue weighted by atomic mass is 10.2. The van der Waals surface area contributed by atoms with Crippen LogP contribution in [0.25, 0.3) is 11.3 Å². The van der Waals surface area contributed by atoms with Crippen molar-refractivity contribution in [3.05, 3.63) is 34.7 Å². The van der Waals surface area contributed by atoms with Crippen molar-refractivity contribution in [2.75, 3.05) is 0 Å².